The standard InChI is InChI=1S/C2H7BOS/c1-2-3-4-5/h3,5H,2H2,1H3. The van der Waals surface area contributed by atoms with Gasteiger partial charge in [0.25, 0.3) is 7.48 Å². The van der Waals surface area contributed by atoms with Gasteiger partial charge in [0.15, 0.2) is 0 Å². The van der Waals surface area contributed by atoms with Crippen LogP contribution in [0.4, 0.5) is 0 Å². The lowest BCUT2D eigenvalue weighted by atomic mass is 9.99. The first-order valence-corrected chi connectivity index (χ1v) is 2.04. The van der Waals surface area contributed by atoms with E-state index < -0.39 is 0 Å². The molecule has 0 atom stereocenters. The fraction of sp³-hybridized carbons (Fsp3) is 1.00. The van der Waals surface area contributed by atoms with Crippen molar-refractivity contribution < 1.29 is 4.10 Å². The molecule has 0 saturated heterocycles. The molecule has 0 unspecified atom stereocenters. The molecule has 0 amide bonds. The molecule has 0 spiro atoms. The molecule has 0 aliphatic heterocycles. The van der Waals surface area contributed by atoms with E-state index in [1.54, 1.807) is 0 Å². The molecule has 5 heavy (non-hydrogen) atoms. The van der Waals surface area contributed by atoms with Gasteiger partial charge in [-0.2, -0.15) is 0 Å². The Kier molecular flexibility index (Phi) is 4.70. The van der Waals surface area contributed by atoms with E-state index >= 15 is 0 Å². The second-order valence-corrected chi connectivity index (χ2v) is 1.09. The summed E-state index contributed by atoms with van der Waals surface area (Å²) in [5.74, 6) is 0. The van der Waals surface area contributed by atoms with Crippen molar-refractivity contribution in [1.82, 2.24) is 0 Å². The van der Waals surface area contributed by atoms with Crippen LogP contribution in [0.3, 0.4) is 0 Å². The highest BCUT2D eigenvalue weighted by Gasteiger charge is 1.74. The van der Waals surface area contributed by atoms with Gasteiger partial charge in [-0.1, -0.05) is 13.2 Å². The summed E-state index contributed by atoms with van der Waals surface area (Å²) >= 11 is 3.50. The van der Waals surface area contributed by atoms with Gasteiger partial charge in [0.1, 0.15) is 0 Å². The van der Waals surface area contributed by atoms with Crippen LogP contribution in [-0.2, 0) is 4.10 Å². The van der Waals surface area contributed by atoms with Crippen LogP contribution in [0.1, 0.15) is 6.92 Å². The van der Waals surface area contributed by atoms with Gasteiger partial charge in [-0.25, -0.2) is 0 Å². The van der Waals surface area contributed by atoms with Crippen molar-refractivity contribution in [2.45, 2.75) is 13.2 Å². The first-order chi connectivity index (χ1) is 2.41. The van der Waals surface area contributed by atoms with Crippen molar-refractivity contribution >= 4 is 20.4 Å². The summed E-state index contributed by atoms with van der Waals surface area (Å²) in [6, 6.07) is 0. The van der Waals surface area contributed by atoms with Crippen molar-refractivity contribution in [2.24, 2.45) is 0 Å². The van der Waals surface area contributed by atoms with Crippen LogP contribution in [0, 0.1) is 0 Å². The smallest absolute Gasteiger partial charge is 0.293 e. The van der Waals surface area contributed by atoms with E-state index in [1.165, 1.54) is 0 Å². The molecule has 30 valence electrons. The first-order valence-electron chi connectivity index (χ1n) is 1.68. The molecule has 0 aromatic rings. The molecular formula is C2H7BOS. The van der Waals surface area contributed by atoms with Gasteiger partial charge in [0.05, 0.1) is 0 Å². The minimum Gasteiger partial charge on any atom is -0.383 e. The van der Waals surface area contributed by atoms with E-state index in [-0.39, 0.29) is 0 Å². The number of hydrogen-bond acceptors (Lipinski definition) is 2. The van der Waals surface area contributed by atoms with Gasteiger partial charge in [0.2, 0.25) is 0 Å². The van der Waals surface area contributed by atoms with Gasteiger partial charge >= 0.3 is 0 Å². The Bertz CT molecular complexity index is 17.1. The average Bonchev–Trinajstić information content (AvgIpc) is 1.41. The highest BCUT2D eigenvalue weighted by Crippen LogP contribution is 1.77. The van der Waals surface area contributed by atoms with Crippen LogP contribution >= 0.6 is 12.9 Å². The summed E-state index contributed by atoms with van der Waals surface area (Å²) in [5.41, 5.74) is 0. The lowest BCUT2D eigenvalue weighted by Gasteiger charge is -1.78. The number of hydrogen-bond donors (Lipinski definition) is 1. The van der Waals surface area contributed by atoms with Gasteiger partial charge in [-0.3, -0.25) is 0 Å². The molecule has 0 aliphatic rings. The van der Waals surface area contributed by atoms with Crippen LogP contribution in [0.5, 0.6) is 0 Å². The summed E-state index contributed by atoms with van der Waals surface area (Å²) in [7, 11) is 0.753. The van der Waals surface area contributed by atoms with Gasteiger partial charge in [-0.15, -0.1) is 0 Å². The molecule has 0 saturated carbocycles. The van der Waals surface area contributed by atoms with E-state index in [2.05, 4.69) is 17.0 Å². The molecule has 0 bridgehead atoms. The third-order valence-electron chi connectivity index (χ3n) is 0.295. The maximum absolute atomic E-state index is 4.39. The molecule has 3 heteroatoms. The van der Waals surface area contributed by atoms with E-state index in [9.17, 15) is 0 Å². The molecule has 0 N–H and O–H groups in total. The van der Waals surface area contributed by atoms with E-state index in [0.29, 0.717) is 0 Å². The zero-order chi connectivity index (χ0) is 4.12. The summed E-state index contributed by atoms with van der Waals surface area (Å²) in [6.45, 7) is 2.04. The van der Waals surface area contributed by atoms with Crippen molar-refractivity contribution in [3.63, 3.8) is 0 Å². The molecule has 0 radical (unpaired) electrons. The van der Waals surface area contributed by atoms with Crippen LogP contribution < -0.4 is 0 Å². The van der Waals surface area contributed by atoms with Crippen LogP contribution in [0.15, 0.2) is 0 Å². The molecular weight excluding hydrogens is 82.9 g/mol. The van der Waals surface area contributed by atoms with Crippen molar-refractivity contribution in [2.75, 3.05) is 0 Å². The Morgan fingerprint density at radius 1 is 2.00 bits per heavy atom. The van der Waals surface area contributed by atoms with Gasteiger partial charge < -0.3 is 4.10 Å². The van der Waals surface area contributed by atoms with E-state index in [0.717, 1.165) is 13.8 Å². The Balaban J connectivity index is 2.19. The first kappa shape index (κ1) is 5.37. The predicted molar refractivity (Wildman–Crippen MR) is 27.7 cm³/mol. The topological polar surface area (TPSA) is 9.23 Å². The zero-order valence-electron chi connectivity index (χ0n) is 3.27. The van der Waals surface area contributed by atoms with E-state index in [1.807, 2.05) is 6.92 Å². The van der Waals surface area contributed by atoms with Gasteiger partial charge in [-0.05, 0) is 12.9 Å². The highest BCUT2D eigenvalue weighted by molar-refractivity contribution is 7.75. The number of rotatable bonds is 2. The number of thiol groups is 1. The van der Waals surface area contributed by atoms with E-state index in [4.69, 9.17) is 0 Å². The minimum atomic E-state index is 0.753. The minimum absolute atomic E-state index is 0.753. The monoisotopic (exact) mass is 90.0 g/mol. The zero-order valence-corrected chi connectivity index (χ0v) is 4.16. The molecule has 0 aliphatic carbocycles. The Hall–Kier alpha value is 0.375. The molecule has 1 nitrogen and oxygen atoms in total. The van der Waals surface area contributed by atoms with Crippen molar-refractivity contribution in [3.8, 4) is 0 Å². The van der Waals surface area contributed by atoms with Gasteiger partial charge in [0, 0.05) is 0 Å². The fourth-order valence-corrected chi connectivity index (χ4v) is 0.274. The second-order valence-electron chi connectivity index (χ2n) is 0.833. The third-order valence-corrected chi connectivity index (χ3v) is 0.478. The maximum atomic E-state index is 4.39. The summed E-state index contributed by atoms with van der Waals surface area (Å²) in [4.78, 5) is 0. The fourth-order valence-electron chi connectivity index (χ4n) is 0.0913. The average molecular weight is 90.0 g/mol. The third kappa shape index (κ3) is 4.37. The van der Waals surface area contributed by atoms with Crippen LogP contribution in [-0.4, -0.2) is 7.48 Å². The maximum Gasteiger partial charge on any atom is 0.293 e. The molecule has 0 heterocycles. The summed E-state index contributed by atoms with van der Waals surface area (Å²) in [6.07, 6.45) is 1.05. The normalized spacial score (nSPS) is 7.60. The quantitative estimate of drug-likeness (QED) is 0.297. The molecule has 0 aromatic carbocycles. The van der Waals surface area contributed by atoms with Crippen molar-refractivity contribution in [3.05, 3.63) is 0 Å². The largest absolute Gasteiger partial charge is 0.383 e. The summed E-state index contributed by atoms with van der Waals surface area (Å²) < 4.78 is 4.39. The molecule has 0 rings (SSSR count). The SMILES string of the molecule is CCBOS. The van der Waals surface area contributed by atoms with Crippen LogP contribution in [0.25, 0.3) is 0 Å². The summed E-state index contributed by atoms with van der Waals surface area (Å²) in [5, 5.41) is 0. The lowest BCUT2D eigenvalue weighted by Crippen LogP contribution is -1.80. The van der Waals surface area contributed by atoms with Crippen LogP contribution in [0.2, 0.25) is 6.32 Å². The molecule has 0 fully saturated rings. The van der Waals surface area contributed by atoms with Crippen molar-refractivity contribution in [1.29, 1.82) is 0 Å². The second kappa shape index (κ2) is 4.37. The lowest BCUT2D eigenvalue weighted by molar-refractivity contribution is 0.710. The molecule has 0 aromatic heterocycles. The Labute approximate surface area is 38.6 Å². The Morgan fingerprint density at radius 2 is 2.60 bits per heavy atom. The highest BCUT2D eigenvalue weighted by atomic mass is 32.1. The predicted octanol–water partition coefficient (Wildman–Crippen LogP) is 0.637. The Morgan fingerprint density at radius 3 is 2.60 bits per heavy atom.